The maximum Gasteiger partial charge on any atom is 0.432 e. The summed E-state index contributed by atoms with van der Waals surface area (Å²) in [6.07, 6.45) is 0.799. The van der Waals surface area contributed by atoms with Gasteiger partial charge in [-0.3, -0.25) is 0 Å². The van der Waals surface area contributed by atoms with Crippen LogP contribution in [0, 0.1) is 0 Å². The number of halogens is 3. The van der Waals surface area contributed by atoms with Crippen LogP contribution in [-0.4, -0.2) is 9.97 Å². The number of nitrogens with zero attached hydrogens (tertiary/aromatic N) is 1. The number of aromatic nitrogens is 2. The Morgan fingerprint density at radius 3 is 2.38 bits per heavy atom. The summed E-state index contributed by atoms with van der Waals surface area (Å²) in [6, 6.07) is 0. The fraction of sp³-hybridized carbons (Fsp3) is 0.700. The molecule has 0 spiro atoms. The van der Waals surface area contributed by atoms with Crippen LogP contribution in [0.25, 0.3) is 0 Å². The molecule has 0 unspecified atom stereocenters. The van der Waals surface area contributed by atoms with Crippen LogP contribution in [0.3, 0.4) is 0 Å². The summed E-state index contributed by atoms with van der Waals surface area (Å²) < 4.78 is 37.1. The number of nitrogens with one attached hydrogen (secondary N) is 1. The van der Waals surface area contributed by atoms with E-state index in [-0.39, 0.29) is 5.82 Å². The summed E-state index contributed by atoms with van der Waals surface area (Å²) in [6.45, 7) is 0. The van der Waals surface area contributed by atoms with Crippen molar-refractivity contribution in [3.63, 3.8) is 0 Å². The highest BCUT2D eigenvalue weighted by atomic mass is 19.4. The molecule has 0 amide bonds. The lowest BCUT2D eigenvalue weighted by molar-refractivity contribution is -0.141. The van der Waals surface area contributed by atoms with Crippen LogP contribution in [-0.2, 0) is 11.7 Å². The van der Waals surface area contributed by atoms with Crippen LogP contribution < -0.4 is 5.73 Å². The van der Waals surface area contributed by atoms with Gasteiger partial charge in [-0.2, -0.15) is 13.2 Å². The fourth-order valence-electron chi connectivity index (χ4n) is 2.14. The maximum atomic E-state index is 12.4. The van der Waals surface area contributed by atoms with E-state index >= 15 is 0 Å². The fourth-order valence-corrected chi connectivity index (χ4v) is 2.14. The first-order chi connectivity index (χ1) is 7.42. The lowest BCUT2D eigenvalue weighted by Crippen LogP contribution is -2.39. The number of alkyl halides is 3. The molecule has 1 heterocycles. The third-order valence-electron chi connectivity index (χ3n) is 3.10. The van der Waals surface area contributed by atoms with Gasteiger partial charge >= 0.3 is 6.18 Å². The average molecular weight is 233 g/mol. The molecule has 3 nitrogen and oxygen atoms in total. The Morgan fingerprint density at radius 1 is 1.25 bits per heavy atom. The quantitative estimate of drug-likeness (QED) is 0.783. The van der Waals surface area contributed by atoms with Crippen molar-refractivity contribution in [2.24, 2.45) is 5.73 Å². The van der Waals surface area contributed by atoms with Crippen LogP contribution in [0.15, 0.2) is 6.20 Å². The summed E-state index contributed by atoms with van der Waals surface area (Å²) in [5.74, 6) is 0.263. The van der Waals surface area contributed by atoms with E-state index in [1.807, 2.05) is 0 Å². The summed E-state index contributed by atoms with van der Waals surface area (Å²) in [5.41, 5.74) is 4.55. The Morgan fingerprint density at radius 2 is 1.88 bits per heavy atom. The van der Waals surface area contributed by atoms with Crippen molar-refractivity contribution in [1.29, 1.82) is 0 Å². The molecule has 1 aliphatic rings. The highest BCUT2D eigenvalue weighted by molar-refractivity contribution is 5.13. The summed E-state index contributed by atoms with van der Waals surface area (Å²) >= 11 is 0. The molecule has 1 aromatic heterocycles. The average Bonchev–Trinajstić information content (AvgIpc) is 2.67. The van der Waals surface area contributed by atoms with Crippen LogP contribution in [0.4, 0.5) is 13.2 Å². The standard InChI is InChI=1S/C10H14F3N3/c11-10(12,13)7-6-15-8(16-7)9(14)4-2-1-3-5-9/h6H,1-5,14H2,(H,15,16). The molecule has 1 aromatic rings. The summed E-state index contributed by atoms with van der Waals surface area (Å²) in [7, 11) is 0. The molecule has 0 atom stereocenters. The Kier molecular flexibility index (Phi) is 2.69. The van der Waals surface area contributed by atoms with Crippen molar-refractivity contribution in [2.75, 3.05) is 0 Å². The topological polar surface area (TPSA) is 54.7 Å². The Balaban J connectivity index is 2.24. The van der Waals surface area contributed by atoms with Crippen LogP contribution in [0.5, 0.6) is 0 Å². The molecule has 0 aromatic carbocycles. The van der Waals surface area contributed by atoms with E-state index < -0.39 is 17.4 Å². The first-order valence-corrected chi connectivity index (χ1v) is 5.33. The van der Waals surface area contributed by atoms with Gasteiger partial charge in [-0.25, -0.2) is 4.98 Å². The Bertz CT molecular complexity index is 364. The minimum atomic E-state index is -4.38. The predicted molar refractivity (Wildman–Crippen MR) is 52.5 cm³/mol. The number of rotatable bonds is 1. The molecule has 1 saturated carbocycles. The third-order valence-corrected chi connectivity index (χ3v) is 3.10. The number of nitrogens with two attached hydrogens (primary N) is 1. The van der Waals surface area contributed by atoms with E-state index in [9.17, 15) is 13.2 Å². The normalized spacial score (nSPS) is 21.0. The van der Waals surface area contributed by atoms with Gasteiger partial charge in [-0.1, -0.05) is 19.3 Å². The second kappa shape index (κ2) is 3.76. The van der Waals surface area contributed by atoms with Gasteiger partial charge in [0.15, 0.2) is 0 Å². The molecular formula is C10H14F3N3. The molecule has 1 fully saturated rings. The zero-order valence-electron chi connectivity index (χ0n) is 8.77. The van der Waals surface area contributed by atoms with E-state index in [1.165, 1.54) is 0 Å². The molecule has 0 radical (unpaired) electrons. The number of hydrogen-bond acceptors (Lipinski definition) is 2. The van der Waals surface area contributed by atoms with Crippen molar-refractivity contribution in [3.05, 3.63) is 17.7 Å². The zero-order valence-corrected chi connectivity index (χ0v) is 8.77. The molecule has 90 valence electrons. The van der Waals surface area contributed by atoms with Crippen LogP contribution >= 0.6 is 0 Å². The van der Waals surface area contributed by atoms with Crippen molar-refractivity contribution in [2.45, 2.75) is 43.8 Å². The largest absolute Gasteiger partial charge is 0.432 e. The van der Waals surface area contributed by atoms with E-state index in [0.29, 0.717) is 12.8 Å². The van der Waals surface area contributed by atoms with Crippen LogP contribution in [0.1, 0.15) is 43.6 Å². The predicted octanol–water partition coefficient (Wildman–Crippen LogP) is 2.55. The van der Waals surface area contributed by atoms with Gasteiger partial charge in [-0.15, -0.1) is 0 Å². The first-order valence-electron chi connectivity index (χ1n) is 5.33. The van der Waals surface area contributed by atoms with Gasteiger partial charge in [-0.05, 0) is 12.8 Å². The second-order valence-corrected chi connectivity index (χ2v) is 4.36. The van der Waals surface area contributed by atoms with Gasteiger partial charge in [0.25, 0.3) is 0 Å². The Hall–Kier alpha value is -1.04. The SMILES string of the molecule is NC1(c2ncc(C(F)(F)F)[nH]2)CCCCC1. The van der Waals surface area contributed by atoms with Gasteiger partial charge in [0.1, 0.15) is 11.5 Å². The minimum Gasteiger partial charge on any atom is -0.337 e. The Labute approximate surface area is 91.2 Å². The van der Waals surface area contributed by atoms with Crippen molar-refractivity contribution in [1.82, 2.24) is 9.97 Å². The number of H-pyrrole nitrogens is 1. The monoisotopic (exact) mass is 233 g/mol. The van der Waals surface area contributed by atoms with E-state index in [1.54, 1.807) is 0 Å². The smallest absolute Gasteiger partial charge is 0.337 e. The van der Waals surface area contributed by atoms with Crippen molar-refractivity contribution < 1.29 is 13.2 Å². The summed E-state index contributed by atoms with van der Waals surface area (Å²) in [5, 5.41) is 0. The first kappa shape index (κ1) is 11.4. The minimum absolute atomic E-state index is 0.263. The molecule has 0 bridgehead atoms. The van der Waals surface area contributed by atoms with E-state index in [0.717, 1.165) is 25.5 Å². The molecule has 6 heteroatoms. The van der Waals surface area contributed by atoms with Gasteiger partial charge < -0.3 is 10.7 Å². The van der Waals surface area contributed by atoms with Crippen LogP contribution in [0.2, 0.25) is 0 Å². The number of aromatic amines is 1. The molecular weight excluding hydrogens is 219 g/mol. The zero-order chi connectivity index (χ0) is 11.8. The second-order valence-electron chi connectivity index (χ2n) is 4.36. The molecule has 2 rings (SSSR count). The molecule has 1 aliphatic carbocycles. The van der Waals surface area contributed by atoms with E-state index in [2.05, 4.69) is 9.97 Å². The number of hydrogen-bond donors (Lipinski definition) is 2. The van der Waals surface area contributed by atoms with Gasteiger partial charge in [0.2, 0.25) is 0 Å². The molecule has 0 saturated heterocycles. The van der Waals surface area contributed by atoms with Gasteiger partial charge in [0.05, 0.1) is 11.7 Å². The molecule has 3 N–H and O–H groups in total. The summed E-state index contributed by atoms with van der Waals surface area (Å²) in [4.78, 5) is 6.08. The molecule has 0 aliphatic heterocycles. The van der Waals surface area contributed by atoms with Gasteiger partial charge in [0, 0.05) is 0 Å². The van der Waals surface area contributed by atoms with Crippen molar-refractivity contribution in [3.8, 4) is 0 Å². The highest BCUT2D eigenvalue weighted by Gasteiger charge is 2.37. The van der Waals surface area contributed by atoms with E-state index in [4.69, 9.17) is 5.73 Å². The third kappa shape index (κ3) is 2.07. The molecule has 16 heavy (non-hydrogen) atoms. The highest BCUT2D eigenvalue weighted by Crippen LogP contribution is 2.35. The maximum absolute atomic E-state index is 12.4. The lowest BCUT2D eigenvalue weighted by atomic mass is 9.82. The van der Waals surface area contributed by atoms with Crippen molar-refractivity contribution >= 4 is 0 Å². The number of imidazole rings is 1. The lowest BCUT2D eigenvalue weighted by Gasteiger charge is -2.31.